The first-order valence-corrected chi connectivity index (χ1v) is 8.72. The molecule has 4 nitrogen and oxygen atoms in total. The largest absolute Gasteiger partial charge is 0.397 e. The summed E-state index contributed by atoms with van der Waals surface area (Å²) >= 11 is 1.53. The molecule has 21 heavy (non-hydrogen) atoms. The number of nitrogens with one attached hydrogen (secondary N) is 1. The monoisotopic (exact) mass is 308 g/mol. The van der Waals surface area contributed by atoms with Gasteiger partial charge in [0.2, 0.25) is 0 Å². The van der Waals surface area contributed by atoms with E-state index in [1.807, 2.05) is 0 Å². The van der Waals surface area contributed by atoms with Crippen LogP contribution in [-0.2, 0) is 4.74 Å². The highest BCUT2D eigenvalue weighted by molar-refractivity contribution is 7.18. The van der Waals surface area contributed by atoms with E-state index in [9.17, 15) is 4.79 Å². The Kier molecular flexibility index (Phi) is 4.22. The number of anilines is 2. The highest BCUT2D eigenvalue weighted by Crippen LogP contribution is 2.51. The van der Waals surface area contributed by atoms with Crippen LogP contribution in [0.15, 0.2) is 0 Å². The van der Waals surface area contributed by atoms with E-state index in [0.29, 0.717) is 28.5 Å². The summed E-state index contributed by atoms with van der Waals surface area (Å²) in [7, 11) is 0. The van der Waals surface area contributed by atoms with Crippen molar-refractivity contribution in [3.63, 3.8) is 0 Å². The number of hydrogen-bond donors (Lipinski definition) is 2. The molecule has 1 saturated heterocycles. The molecule has 2 unspecified atom stereocenters. The highest BCUT2D eigenvalue weighted by atomic mass is 32.1. The molecular weight excluding hydrogens is 284 g/mol. The van der Waals surface area contributed by atoms with Crippen LogP contribution in [0, 0.1) is 5.92 Å². The van der Waals surface area contributed by atoms with Crippen molar-refractivity contribution >= 4 is 27.8 Å². The van der Waals surface area contributed by atoms with Crippen LogP contribution in [0.4, 0.5) is 10.7 Å². The van der Waals surface area contributed by atoms with Gasteiger partial charge in [0.05, 0.1) is 21.7 Å². The molecule has 2 aliphatic rings. The molecule has 1 aliphatic heterocycles. The Hall–Kier alpha value is -1.07. The smallest absolute Gasteiger partial charge is 0.171 e. The minimum atomic E-state index is 0.0723. The molecule has 0 amide bonds. The molecule has 1 saturated carbocycles. The fourth-order valence-corrected chi connectivity index (χ4v) is 4.34. The van der Waals surface area contributed by atoms with Gasteiger partial charge in [-0.2, -0.15) is 0 Å². The predicted octanol–water partition coefficient (Wildman–Crippen LogP) is 3.64. The molecular formula is C16H24N2O2S. The zero-order valence-electron chi connectivity index (χ0n) is 12.8. The van der Waals surface area contributed by atoms with E-state index in [1.165, 1.54) is 29.7 Å². The lowest BCUT2D eigenvalue weighted by atomic mass is 9.99. The molecule has 0 aromatic carbocycles. The van der Waals surface area contributed by atoms with E-state index in [2.05, 4.69) is 12.2 Å². The zero-order chi connectivity index (χ0) is 15.0. The number of hydrogen-bond acceptors (Lipinski definition) is 5. The maximum absolute atomic E-state index is 11.7. The third-order valence-electron chi connectivity index (χ3n) is 4.56. The summed E-state index contributed by atoms with van der Waals surface area (Å²) in [6.45, 7) is 5.55. The van der Waals surface area contributed by atoms with Gasteiger partial charge in [-0.1, -0.05) is 6.92 Å². The quantitative estimate of drug-likeness (QED) is 0.788. The van der Waals surface area contributed by atoms with E-state index < -0.39 is 0 Å². The van der Waals surface area contributed by atoms with Crippen molar-refractivity contribution in [2.24, 2.45) is 5.92 Å². The summed E-state index contributed by atoms with van der Waals surface area (Å²) in [5.41, 5.74) is 8.11. The van der Waals surface area contributed by atoms with Gasteiger partial charge in [0.1, 0.15) is 0 Å². The van der Waals surface area contributed by atoms with Gasteiger partial charge in [-0.15, -0.1) is 11.3 Å². The number of rotatable bonds is 6. The van der Waals surface area contributed by atoms with Gasteiger partial charge in [0, 0.05) is 31.6 Å². The van der Waals surface area contributed by atoms with Gasteiger partial charge in [-0.25, -0.2) is 0 Å². The second-order valence-electron chi connectivity index (χ2n) is 6.17. The minimum Gasteiger partial charge on any atom is -0.397 e. The van der Waals surface area contributed by atoms with Crippen LogP contribution in [0.25, 0.3) is 0 Å². The first-order valence-electron chi connectivity index (χ1n) is 7.90. The number of thiophene rings is 1. The van der Waals surface area contributed by atoms with Crippen LogP contribution in [-0.4, -0.2) is 25.0 Å². The SMILES string of the molecule is CCC1OCCC1CNc1sc(C(C)=O)c(N)c1C1CC1. The van der Waals surface area contributed by atoms with Crippen molar-refractivity contribution in [2.45, 2.75) is 51.6 Å². The molecule has 1 aromatic rings. The van der Waals surface area contributed by atoms with Gasteiger partial charge in [0.25, 0.3) is 0 Å². The molecule has 0 bridgehead atoms. The van der Waals surface area contributed by atoms with E-state index in [0.717, 1.165) is 31.0 Å². The Morgan fingerprint density at radius 2 is 2.19 bits per heavy atom. The summed E-state index contributed by atoms with van der Waals surface area (Å²) in [6, 6.07) is 0. The van der Waals surface area contributed by atoms with E-state index in [4.69, 9.17) is 10.5 Å². The molecule has 2 fully saturated rings. The maximum Gasteiger partial charge on any atom is 0.171 e. The van der Waals surface area contributed by atoms with E-state index >= 15 is 0 Å². The first kappa shape index (κ1) is 14.9. The number of ether oxygens (including phenoxy) is 1. The fourth-order valence-electron chi connectivity index (χ4n) is 3.23. The molecule has 3 rings (SSSR count). The molecule has 0 spiro atoms. The third kappa shape index (κ3) is 2.94. The molecule has 0 radical (unpaired) electrons. The van der Waals surface area contributed by atoms with Crippen LogP contribution < -0.4 is 11.1 Å². The third-order valence-corrected chi connectivity index (χ3v) is 5.84. The molecule has 1 aromatic heterocycles. The van der Waals surface area contributed by atoms with E-state index in [-0.39, 0.29) is 5.78 Å². The van der Waals surface area contributed by atoms with Crippen LogP contribution in [0.1, 0.15) is 60.7 Å². The predicted molar refractivity (Wildman–Crippen MR) is 87.3 cm³/mol. The average molecular weight is 308 g/mol. The van der Waals surface area contributed by atoms with Gasteiger partial charge in [-0.3, -0.25) is 4.79 Å². The summed E-state index contributed by atoms with van der Waals surface area (Å²) in [5.74, 6) is 1.19. The van der Waals surface area contributed by atoms with Crippen LogP contribution >= 0.6 is 11.3 Å². The highest BCUT2D eigenvalue weighted by Gasteiger charge is 2.33. The van der Waals surface area contributed by atoms with Crippen molar-refractivity contribution < 1.29 is 9.53 Å². The van der Waals surface area contributed by atoms with Gasteiger partial charge in [0.15, 0.2) is 5.78 Å². The van der Waals surface area contributed by atoms with Gasteiger partial charge in [-0.05, 0) is 31.6 Å². The number of carbonyl (C=O) groups is 1. The van der Waals surface area contributed by atoms with Crippen molar-refractivity contribution in [3.8, 4) is 0 Å². The lowest BCUT2D eigenvalue weighted by molar-refractivity contribution is 0.0900. The molecule has 3 N–H and O–H groups in total. The Balaban J connectivity index is 1.75. The Labute approximate surface area is 130 Å². The summed E-state index contributed by atoms with van der Waals surface area (Å²) in [6.07, 6.45) is 4.93. The Morgan fingerprint density at radius 1 is 1.43 bits per heavy atom. The molecule has 116 valence electrons. The maximum atomic E-state index is 11.7. The molecule has 5 heteroatoms. The van der Waals surface area contributed by atoms with Crippen molar-refractivity contribution in [3.05, 3.63) is 10.4 Å². The van der Waals surface area contributed by atoms with Crippen LogP contribution in [0.5, 0.6) is 0 Å². The Morgan fingerprint density at radius 3 is 2.81 bits per heavy atom. The van der Waals surface area contributed by atoms with Crippen molar-refractivity contribution in [2.75, 3.05) is 24.2 Å². The van der Waals surface area contributed by atoms with E-state index in [1.54, 1.807) is 6.92 Å². The normalized spacial score (nSPS) is 25.2. The van der Waals surface area contributed by atoms with Crippen LogP contribution in [0.2, 0.25) is 0 Å². The Bertz CT molecular complexity index is 537. The first-order chi connectivity index (χ1) is 10.1. The number of nitrogen functional groups attached to an aromatic ring is 1. The topological polar surface area (TPSA) is 64.3 Å². The number of ketones is 1. The van der Waals surface area contributed by atoms with Crippen molar-refractivity contribution in [1.29, 1.82) is 0 Å². The summed E-state index contributed by atoms with van der Waals surface area (Å²) < 4.78 is 5.74. The second kappa shape index (κ2) is 5.97. The average Bonchev–Trinajstić information content (AvgIpc) is 3.08. The lowest BCUT2D eigenvalue weighted by Gasteiger charge is -2.18. The molecule has 2 atom stereocenters. The fraction of sp³-hybridized carbons (Fsp3) is 0.688. The van der Waals surface area contributed by atoms with Gasteiger partial charge < -0.3 is 15.8 Å². The summed E-state index contributed by atoms with van der Waals surface area (Å²) in [5, 5.41) is 4.68. The molecule has 2 heterocycles. The second-order valence-corrected chi connectivity index (χ2v) is 7.19. The molecule has 1 aliphatic carbocycles. The minimum absolute atomic E-state index is 0.0723. The number of Topliss-reactive ketones (excluding diaryl/α,β-unsaturated/α-hetero) is 1. The van der Waals surface area contributed by atoms with Crippen LogP contribution in [0.3, 0.4) is 0 Å². The number of carbonyl (C=O) groups excluding carboxylic acids is 1. The zero-order valence-corrected chi connectivity index (χ0v) is 13.6. The lowest BCUT2D eigenvalue weighted by Crippen LogP contribution is -2.22. The number of nitrogens with two attached hydrogens (primary N) is 1. The standard InChI is InChI=1S/C16H24N2O2S/c1-3-12-11(6-7-20-12)8-18-16-13(10-4-5-10)14(17)15(21-16)9(2)19/h10-12,18H,3-8,17H2,1-2H3. The van der Waals surface area contributed by atoms with Crippen molar-refractivity contribution in [1.82, 2.24) is 0 Å². The van der Waals surface area contributed by atoms with Gasteiger partial charge >= 0.3 is 0 Å². The summed E-state index contributed by atoms with van der Waals surface area (Å²) in [4.78, 5) is 12.4.